The maximum absolute atomic E-state index is 10.6. The first kappa shape index (κ1) is 9.71. The SMILES string of the molecule is N#CCC1(Cn2cnc(C(=O)O)c2)CC1. The van der Waals surface area contributed by atoms with E-state index < -0.39 is 5.97 Å². The summed E-state index contributed by atoms with van der Waals surface area (Å²) < 4.78 is 1.76. The molecule has 0 amide bonds. The average Bonchev–Trinajstić information content (AvgIpc) is 2.77. The van der Waals surface area contributed by atoms with Crippen molar-refractivity contribution >= 4 is 5.97 Å². The topological polar surface area (TPSA) is 78.9 Å². The summed E-state index contributed by atoms with van der Waals surface area (Å²) >= 11 is 0. The molecule has 1 heterocycles. The van der Waals surface area contributed by atoms with E-state index >= 15 is 0 Å². The lowest BCUT2D eigenvalue weighted by Gasteiger charge is -2.10. The van der Waals surface area contributed by atoms with E-state index in [-0.39, 0.29) is 11.1 Å². The Kier molecular flexibility index (Phi) is 2.19. The van der Waals surface area contributed by atoms with Gasteiger partial charge in [-0.15, -0.1) is 0 Å². The summed E-state index contributed by atoms with van der Waals surface area (Å²) in [7, 11) is 0. The van der Waals surface area contributed by atoms with Crippen LogP contribution in [-0.2, 0) is 6.54 Å². The molecule has 1 aromatic rings. The summed E-state index contributed by atoms with van der Waals surface area (Å²) in [6, 6.07) is 2.17. The van der Waals surface area contributed by atoms with Crippen LogP contribution in [0.3, 0.4) is 0 Å². The molecule has 0 radical (unpaired) electrons. The van der Waals surface area contributed by atoms with Gasteiger partial charge in [-0.3, -0.25) is 0 Å². The number of nitriles is 1. The van der Waals surface area contributed by atoms with Crippen molar-refractivity contribution in [1.29, 1.82) is 5.26 Å². The first-order valence-corrected chi connectivity index (χ1v) is 4.77. The summed E-state index contributed by atoms with van der Waals surface area (Å²) in [5.41, 5.74) is 0.133. The van der Waals surface area contributed by atoms with Gasteiger partial charge in [0.15, 0.2) is 5.69 Å². The molecule has 0 saturated heterocycles. The van der Waals surface area contributed by atoms with Crippen molar-refractivity contribution in [2.45, 2.75) is 25.8 Å². The molecule has 5 heteroatoms. The van der Waals surface area contributed by atoms with Gasteiger partial charge in [0, 0.05) is 24.6 Å². The molecule has 1 saturated carbocycles. The summed E-state index contributed by atoms with van der Waals surface area (Å²) in [6.07, 6.45) is 5.65. The number of carboxylic acids is 1. The van der Waals surface area contributed by atoms with Gasteiger partial charge in [-0.2, -0.15) is 5.26 Å². The van der Waals surface area contributed by atoms with E-state index in [2.05, 4.69) is 11.1 Å². The normalized spacial score (nSPS) is 17.0. The highest BCUT2D eigenvalue weighted by Crippen LogP contribution is 2.49. The number of carboxylic acid groups (broad SMARTS) is 1. The van der Waals surface area contributed by atoms with E-state index in [4.69, 9.17) is 10.4 Å². The fourth-order valence-corrected chi connectivity index (χ4v) is 1.68. The van der Waals surface area contributed by atoms with E-state index in [9.17, 15) is 4.79 Å². The van der Waals surface area contributed by atoms with Gasteiger partial charge < -0.3 is 9.67 Å². The number of aromatic nitrogens is 2. The van der Waals surface area contributed by atoms with Gasteiger partial charge in [-0.1, -0.05) is 0 Å². The van der Waals surface area contributed by atoms with Crippen LogP contribution in [0.15, 0.2) is 12.5 Å². The Bertz CT molecular complexity index is 426. The standard InChI is InChI=1S/C10H11N3O2/c11-4-3-10(1-2-10)6-13-5-8(9(14)15)12-7-13/h5,7H,1-3,6H2,(H,14,15). The molecule has 5 nitrogen and oxygen atoms in total. The second-order valence-corrected chi connectivity index (χ2v) is 4.07. The van der Waals surface area contributed by atoms with Crippen molar-refractivity contribution < 1.29 is 9.90 Å². The predicted molar refractivity (Wildman–Crippen MR) is 51.1 cm³/mol. The van der Waals surface area contributed by atoms with E-state index in [0.717, 1.165) is 12.8 Å². The van der Waals surface area contributed by atoms with Gasteiger partial charge in [0.25, 0.3) is 0 Å². The molecule has 2 rings (SSSR count). The van der Waals surface area contributed by atoms with E-state index in [1.807, 2.05) is 0 Å². The fraction of sp³-hybridized carbons (Fsp3) is 0.500. The minimum Gasteiger partial charge on any atom is -0.476 e. The third-order valence-corrected chi connectivity index (χ3v) is 2.78. The fourth-order valence-electron chi connectivity index (χ4n) is 1.68. The molecule has 15 heavy (non-hydrogen) atoms. The van der Waals surface area contributed by atoms with Gasteiger partial charge in [-0.05, 0) is 12.8 Å². The number of imidazole rings is 1. The number of carbonyl (C=O) groups is 1. The summed E-state index contributed by atoms with van der Waals surface area (Å²) in [5.74, 6) is -1.01. The zero-order valence-electron chi connectivity index (χ0n) is 8.18. The van der Waals surface area contributed by atoms with Gasteiger partial charge in [-0.25, -0.2) is 9.78 Å². The minimum absolute atomic E-state index is 0.0581. The Labute approximate surface area is 87.0 Å². The first-order chi connectivity index (χ1) is 7.15. The first-order valence-electron chi connectivity index (χ1n) is 4.77. The average molecular weight is 205 g/mol. The molecule has 1 aliphatic rings. The molecule has 78 valence electrons. The van der Waals surface area contributed by atoms with E-state index in [0.29, 0.717) is 13.0 Å². The summed E-state index contributed by atoms with van der Waals surface area (Å²) in [6.45, 7) is 0.695. The Morgan fingerprint density at radius 1 is 1.73 bits per heavy atom. The number of hydrogen-bond acceptors (Lipinski definition) is 3. The third-order valence-electron chi connectivity index (χ3n) is 2.78. The second kappa shape index (κ2) is 3.39. The number of aromatic carboxylic acids is 1. The zero-order chi connectivity index (χ0) is 10.9. The minimum atomic E-state index is -1.01. The number of nitrogens with zero attached hydrogens (tertiary/aromatic N) is 3. The third kappa shape index (κ3) is 1.99. The zero-order valence-corrected chi connectivity index (χ0v) is 8.18. The van der Waals surface area contributed by atoms with E-state index in [1.165, 1.54) is 12.5 Å². The molecular weight excluding hydrogens is 194 g/mol. The Hall–Kier alpha value is -1.83. The molecule has 0 aliphatic heterocycles. The monoisotopic (exact) mass is 205 g/mol. The molecule has 1 aromatic heterocycles. The highest BCUT2D eigenvalue weighted by atomic mass is 16.4. The van der Waals surface area contributed by atoms with Crippen LogP contribution in [0.2, 0.25) is 0 Å². The lowest BCUT2D eigenvalue weighted by Crippen LogP contribution is -2.09. The van der Waals surface area contributed by atoms with Crippen LogP contribution in [0.1, 0.15) is 29.8 Å². The molecule has 1 N–H and O–H groups in total. The van der Waals surface area contributed by atoms with Crippen molar-refractivity contribution in [3.05, 3.63) is 18.2 Å². The molecule has 0 atom stereocenters. The van der Waals surface area contributed by atoms with Gasteiger partial charge in [0.2, 0.25) is 0 Å². The van der Waals surface area contributed by atoms with Crippen molar-refractivity contribution in [2.75, 3.05) is 0 Å². The van der Waals surface area contributed by atoms with Crippen LogP contribution in [0.5, 0.6) is 0 Å². The van der Waals surface area contributed by atoms with Crippen molar-refractivity contribution in [2.24, 2.45) is 5.41 Å². The van der Waals surface area contributed by atoms with Crippen molar-refractivity contribution in [1.82, 2.24) is 9.55 Å². The Morgan fingerprint density at radius 3 is 2.93 bits per heavy atom. The molecule has 0 unspecified atom stereocenters. The Morgan fingerprint density at radius 2 is 2.47 bits per heavy atom. The van der Waals surface area contributed by atoms with Gasteiger partial charge in [0.05, 0.1) is 12.4 Å². The smallest absolute Gasteiger partial charge is 0.356 e. The lowest BCUT2D eigenvalue weighted by atomic mass is 10.0. The summed E-state index contributed by atoms with van der Waals surface area (Å²) in [4.78, 5) is 14.4. The molecule has 1 fully saturated rings. The molecule has 0 aromatic carbocycles. The van der Waals surface area contributed by atoms with Gasteiger partial charge >= 0.3 is 5.97 Å². The largest absolute Gasteiger partial charge is 0.476 e. The van der Waals surface area contributed by atoms with Crippen molar-refractivity contribution in [3.8, 4) is 6.07 Å². The van der Waals surface area contributed by atoms with Crippen LogP contribution in [0.4, 0.5) is 0 Å². The van der Waals surface area contributed by atoms with Crippen molar-refractivity contribution in [3.63, 3.8) is 0 Å². The number of rotatable bonds is 4. The van der Waals surface area contributed by atoms with Crippen LogP contribution < -0.4 is 0 Å². The molecular formula is C10H11N3O2. The van der Waals surface area contributed by atoms with Gasteiger partial charge in [0.1, 0.15) is 0 Å². The highest BCUT2D eigenvalue weighted by molar-refractivity contribution is 5.84. The molecule has 1 aliphatic carbocycles. The number of hydrogen-bond donors (Lipinski definition) is 1. The lowest BCUT2D eigenvalue weighted by molar-refractivity contribution is 0.0691. The highest BCUT2D eigenvalue weighted by Gasteiger charge is 2.42. The predicted octanol–water partition coefficient (Wildman–Crippen LogP) is 1.28. The maximum atomic E-state index is 10.6. The molecule has 0 bridgehead atoms. The maximum Gasteiger partial charge on any atom is 0.356 e. The van der Waals surface area contributed by atoms with E-state index in [1.54, 1.807) is 4.57 Å². The Balaban J connectivity index is 2.06. The second-order valence-electron chi connectivity index (χ2n) is 4.07. The van der Waals surface area contributed by atoms with Crippen LogP contribution in [0.25, 0.3) is 0 Å². The quantitative estimate of drug-likeness (QED) is 0.802. The van der Waals surface area contributed by atoms with Crippen LogP contribution in [-0.4, -0.2) is 20.6 Å². The van der Waals surface area contributed by atoms with Crippen LogP contribution >= 0.6 is 0 Å². The van der Waals surface area contributed by atoms with Crippen LogP contribution in [0, 0.1) is 16.7 Å². The summed E-state index contributed by atoms with van der Waals surface area (Å²) in [5, 5.41) is 17.3. The molecule has 0 spiro atoms.